The number of benzene rings is 1. The molecule has 0 spiro atoms. The summed E-state index contributed by atoms with van der Waals surface area (Å²) in [7, 11) is 1.61. The Hall–Kier alpha value is -5.02. The van der Waals surface area contributed by atoms with Crippen molar-refractivity contribution < 1.29 is 14.4 Å². The topological polar surface area (TPSA) is 187 Å². The second-order valence-corrected chi connectivity index (χ2v) is 14.6. The van der Waals surface area contributed by atoms with Gasteiger partial charge in [0.2, 0.25) is 17.7 Å². The van der Waals surface area contributed by atoms with Gasteiger partial charge in [-0.1, -0.05) is 42.1 Å². The van der Waals surface area contributed by atoms with E-state index in [2.05, 4.69) is 43.0 Å². The normalized spacial score (nSPS) is 19.0. The van der Waals surface area contributed by atoms with E-state index in [1.54, 1.807) is 37.4 Å². The molecule has 5 heterocycles. The smallest absolute Gasteiger partial charge is 0.243 e. The summed E-state index contributed by atoms with van der Waals surface area (Å²) >= 11 is 1.62. The molecule has 2 atom stereocenters. The molecule has 0 radical (unpaired) electrons. The third-order valence-electron chi connectivity index (χ3n) is 9.90. The van der Waals surface area contributed by atoms with E-state index in [0.29, 0.717) is 38.2 Å². The van der Waals surface area contributed by atoms with Crippen LogP contribution >= 0.6 is 11.8 Å². The SMILES string of the molecule is CN1C(=O)CNC(=O)[C@H](CCCN)NCC2=C(Sc3ccnc(-c4cccnc4)c3CNC(=O)[C@@H]1Cc1c[nH]c3ccccc13)N(CCCCN)CC=C2. The molecule has 0 bridgehead atoms. The molecule has 0 aliphatic carbocycles. The maximum absolute atomic E-state index is 14.4. The number of aromatic nitrogens is 3. The third kappa shape index (κ3) is 9.37. The van der Waals surface area contributed by atoms with Gasteiger partial charge in [0.1, 0.15) is 6.04 Å². The second kappa shape index (κ2) is 18.8. The number of amides is 3. The molecule has 2 aliphatic heterocycles. The molecule has 0 fully saturated rings. The average molecular weight is 751 g/mol. The molecule has 4 aromatic rings. The van der Waals surface area contributed by atoms with Gasteiger partial charge in [-0.3, -0.25) is 24.4 Å². The Labute approximate surface area is 320 Å². The van der Waals surface area contributed by atoms with Crippen LogP contribution in [0.25, 0.3) is 22.2 Å². The van der Waals surface area contributed by atoms with Crippen molar-refractivity contribution in [3.05, 3.63) is 101 Å². The molecule has 8 N–H and O–H groups in total. The number of nitrogens with zero attached hydrogens (tertiary/aromatic N) is 4. The highest BCUT2D eigenvalue weighted by molar-refractivity contribution is 8.03. The van der Waals surface area contributed by atoms with Crippen molar-refractivity contribution in [1.29, 1.82) is 0 Å². The second-order valence-electron chi connectivity index (χ2n) is 13.5. The number of fused-ring (bicyclic) bond motifs is 2. The number of likely N-dealkylation sites (N-methyl/N-ethyl adjacent to an activating group) is 1. The van der Waals surface area contributed by atoms with Crippen LogP contribution in [0.15, 0.2) is 94.9 Å². The quantitative estimate of drug-likeness (QED) is 0.132. The van der Waals surface area contributed by atoms with Crippen LogP contribution in [-0.4, -0.2) is 101 Å². The number of nitrogens with one attached hydrogen (secondary N) is 4. The summed E-state index contributed by atoms with van der Waals surface area (Å²) in [6, 6.07) is 12.2. The number of unbranched alkanes of at least 4 members (excludes halogenated alkanes) is 1. The number of para-hydroxylation sites is 1. The molecule has 0 saturated heterocycles. The minimum Gasteiger partial charge on any atom is -0.362 e. The van der Waals surface area contributed by atoms with Crippen molar-refractivity contribution >= 4 is 40.4 Å². The van der Waals surface area contributed by atoms with Crippen LogP contribution in [0.2, 0.25) is 0 Å². The van der Waals surface area contributed by atoms with Gasteiger partial charge in [0.25, 0.3) is 0 Å². The van der Waals surface area contributed by atoms with Gasteiger partial charge >= 0.3 is 0 Å². The minimum absolute atomic E-state index is 0.160. The number of pyridine rings is 2. The summed E-state index contributed by atoms with van der Waals surface area (Å²) in [6.07, 6.45) is 14.6. The van der Waals surface area contributed by atoms with E-state index in [9.17, 15) is 14.4 Å². The lowest BCUT2D eigenvalue weighted by Gasteiger charge is -2.32. The zero-order valence-corrected chi connectivity index (χ0v) is 31.5. The summed E-state index contributed by atoms with van der Waals surface area (Å²) in [4.78, 5) is 59.0. The first-order chi connectivity index (χ1) is 26.4. The molecule has 3 amide bonds. The van der Waals surface area contributed by atoms with Crippen molar-refractivity contribution in [3.63, 3.8) is 0 Å². The molecule has 0 saturated carbocycles. The first-order valence-electron chi connectivity index (χ1n) is 18.6. The first-order valence-corrected chi connectivity index (χ1v) is 19.4. The van der Waals surface area contributed by atoms with Crippen LogP contribution in [0, 0.1) is 0 Å². The maximum atomic E-state index is 14.4. The van der Waals surface area contributed by atoms with Crippen molar-refractivity contribution in [1.82, 2.24) is 40.7 Å². The van der Waals surface area contributed by atoms with Crippen LogP contribution in [0.3, 0.4) is 0 Å². The van der Waals surface area contributed by atoms with Crippen LogP contribution in [-0.2, 0) is 27.3 Å². The lowest BCUT2D eigenvalue weighted by Crippen LogP contribution is -2.53. The number of aromatic amines is 1. The summed E-state index contributed by atoms with van der Waals surface area (Å²) in [5.41, 5.74) is 17.0. The summed E-state index contributed by atoms with van der Waals surface area (Å²) < 4.78 is 0. The Morgan fingerprint density at radius 3 is 2.57 bits per heavy atom. The highest BCUT2D eigenvalue weighted by Gasteiger charge is 2.30. The predicted molar refractivity (Wildman–Crippen MR) is 213 cm³/mol. The molecule has 54 heavy (non-hydrogen) atoms. The van der Waals surface area contributed by atoms with Crippen LogP contribution < -0.4 is 27.4 Å². The standard InChI is InChI=1S/C40H50N10O3S/c1-49-34(21-29-24-45-32-12-3-2-11-30(29)32)39(53)47-25-31-35(14-18-44-37(31)27-9-7-17-43-22-27)54-40-28(10-8-20-50(40)19-5-4-15-41)23-46-33(13-6-16-42)38(52)48-26-36(49)51/h2-3,7-12,14,17-18,22,24,33-34,45-46H,4-6,13,15-16,19-21,23,25-26,41-42H2,1H3,(H,47,53)(H,48,52)/t33-,34-/m0/s1. The van der Waals surface area contributed by atoms with Crippen LogP contribution in [0.5, 0.6) is 0 Å². The molecule has 6 rings (SSSR count). The fraction of sp³-hybridized carbons (Fsp3) is 0.375. The zero-order valence-electron chi connectivity index (χ0n) is 30.7. The first kappa shape index (κ1) is 38.7. The molecule has 14 heteroatoms. The largest absolute Gasteiger partial charge is 0.362 e. The van der Waals surface area contributed by atoms with Gasteiger partial charge in [0, 0.05) is 91.4 Å². The Balaban J connectivity index is 1.43. The number of thioether (sulfide) groups is 1. The number of rotatable bonds is 10. The Morgan fingerprint density at radius 1 is 0.926 bits per heavy atom. The number of hydrogen-bond acceptors (Lipinski definition) is 10. The minimum atomic E-state index is -0.874. The molecule has 13 nitrogen and oxygen atoms in total. The summed E-state index contributed by atoms with van der Waals surface area (Å²) in [5.74, 6) is -0.999. The molecule has 1 aromatic carbocycles. The molecular formula is C40H50N10O3S. The van der Waals surface area contributed by atoms with Crippen LogP contribution in [0.4, 0.5) is 0 Å². The molecule has 0 unspecified atom stereocenters. The number of carbonyl (C=O) groups excluding carboxylic acids is 3. The number of H-pyrrole nitrogens is 1. The Kier molecular flexibility index (Phi) is 13.5. The number of hydrogen-bond donors (Lipinski definition) is 6. The lowest BCUT2D eigenvalue weighted by atomic mass is 10.0. The Bertz CT molecular complexity index is 1980. The molecule has 2 aliphatic rings. The highest BCUT2D eigenvalue weighted by Crippen LogP contribution is 2.38. The van der Waals surface area contributed by atoms with E-state index in [1.807, 2.05) is 48.7 Å². The van der Waals surface area contributed by atoms with Crippen molar-refractivity contribution in [3.8, 4) is 11.3 Å². The predicted octanol–water partition coefficient (Wildman–Crippen LogP) is 3.05. The molecular weight excluding hydrogens is 701 g/mol. The molecule has 284 valence electrons. The average Bonchev–Trinajstić information content (AvgIpc) is 3.61. The number of nitrogens with two attached hydrogens (primary N) is 2. The Morgan fingerprint density at radius 2 is 1.76 bits per heavy atom. The van der Waals surface area contributed by atoms with Crippen LogP contribution in [0.1, 0.15) is 36.8 Å². The van der Waals surface area contributed by atoms with E-state index in [1.165, 1.54) is 4.90 Å². The van der Waals surface area contributed by atoms with Gasteiger partial charge in [0.15, 0.2) is 0 Å². The van der Waals surface area contributed by atoms with E-state index < -0.39 is 12.1 Å². The summed E-state index contributed by atoms with van der Waals surface area (Å²) in [6.45, 7) is 2.90. The van der Waals surface area contributed by atoms with Gasteiger partial charge in [0.05, 0.1) is 23.3 Å². The van der Waals surface area contributed by atoms with Gasteiger partial charge in [-0.25, -0.2) is 0 Å². The fourth-order valence-electron chi connectivity index (χ4n) is 6.85. The van der Waals surface area contributed by atoms with Gasteiger partial charge in [-0.15, -0.1) is 0 Å². The summed E-state index contributed by atoms with van der Waals surface area (Å²) in [5, 5.41) is 11.5. The fourth-order valence-corrected chi connectivity index (χ4v) is 8.05. The van der Waals surface area contributed by atoms with Crippen molar-refractivity contribution in [2.24, 2.45) is 11.5 Å². The van der Waals surface area contributed by atoms with Crippen molar-refractivity contribution in [2.45, 2.75) is 55.6 Å². The van der Waals surface area contributed by atoms with E-state index in [-0.39, 0.29) is 37.2 Å². The highest BCUT2D eigenvalue weighted by atomic mass is 32.2. The lowest BCUT2D eigenvalue weighted by molar-refractivity contribution is -0.139. The molecule has 3 aromatic heterocycles. The van der Waals surface area contributed by atoms with Crippen molar-refractivity contribution in [2.75, 3.05) is 46.3 Å². The third-order valence-corrected chi connectivity index (χ3v) is 11.2. The van der Waals surface area contributed by atoms with E-state index in [0.717, 1.165) is 69.0 Å². The maximum Gasteiger partial charge on any atom is 0.243 e. The van der Waals surface area contributed by atoms with E-state index >= 15 is 0 Å². The number of carbonyl (C=O) groups is 3. The monoisotopic (exact) mass is 750 g/mol. The van der Waals surface area contributed by atoms with Gasteiger partial charge in [-0.05, 0) is 74.2 Å². The van der Waals surface area contributed by atoms with Gasteiger partial charge in [-0.2, -0.15) is 0 Å². The zero-order chi connectivity index (χ0) is 37.9. The van der Waals surface area contributed by atoms with Gasteiger partial charge < -0.3 is 42.2 Å². The van der Waals surface area contributed by atoms with E-state index in [4.69, 9.17) is 16.5 Å².